The molecule has 1 aromatic rings. The van der Waals surface area contributed by atoms with E-state index in [-0.39, 0.29) is 0 Å². The molecule has 0 spiro atoms. The predicted molar refractivity (Wildman–Crippen MR) is 82.2 cm³/mol. The van der Waals surface area contributed by atoms with Crippen LogP contribution in [-0.4, -0.2) is 22.3 Å². The lowest BCUT2D eigenvalue weighted by molar-refractivity contribution is 0.133. The SMILES string of the molecule is Cc1cccc(CN2CCCCC2CC(C)Br)c1. The average molecular weight is 310 g/mol. The molecule has 1 heterocycles. The number of rotatable bonds is 4. The Morgan fingerprint density at radius 1 is 1.39 bits per heavy atom. The van der Waals surface area contributed by atoms with E-state index in [1.165, 1.54) is 43.4 Å². The van der Waals surface area contributed by atoms with Gasteiger partial charge >= 0.3 is 0 Å². The van der Waals surface area contributed by atoms with E-state index >= 15 is 0 Å². The maximum atomic E-state index is 3.71. The number of alkyl halides is 1. The highest BCUT2D eigenvalue weighted by Gasteiger charge is 2.23. The van der Waals surface area contributed by atoms with Gasteiger partial charge in [-0.25, -0.2) is 0 Å². The summed E-state index contributed by atoms with van der Waals surface area (Å²) in [5.74, 6) is 0. The van der Waals surface area contributed by atoms with Gasteiger partial charge in [0.05, 0.1) is 0 Å². The van der Waals surface area contributed by atoms with E-state index in [1.807, 2.05) is 0 Å². The molecule has 0 aromatic heterocycles. The van der Waals surface area contributed by atoms with E-state index in [0.717, 1.165) is 12.6 Å². The Labute approximate surface area is 120 Å². The Bertz CT molecular complexity index is 375. The van der Waals surface area contributed by atoms with E-state index in [4.69, 9.17) is 0 Å². The molecule has 1 aromatic carbocycles. The molecule has 18 heavy (non-hydrogen) atoms. The largest absolute Gasteiger partial charge is 0.296 e. The van der Waals surface area contributed by atoms with Crippen LogP contribution in [0.2, 0.25) is 0 Å². The van der Waals surface area contributed by atoms with Crippen LogP contribution in [0, 0.1) is 6.92 Å². The third kappa shape index (κ3) is 4.10. The van der Waals surface area contributed by atoms with Gasteiger partial charge in [-0.3, -0.25) is 4.90 Å². The van der Waals surface area contributed by atoms with Gasteiger partial charge in [0.25, 0.3) is 0 Å². The molecule has 0 N–H and O–H groups in total. The number of nitrogens with zero attached hydrogens (tertiary/aromatic N) is 1. The lowest BCUT2D eigenvalue weighted by Crippen LogP contribution is -2.40. The van der Waals surface area contributed by atoms with Crippen molar-refractivity contribution in [1.82, 2.24) is 4.90 Å². The molecule has 1 fully saturated rings. The lowest BCUT2D eigenvalue weighted by atomic mass is 9.97. The quantitative estimate of drug-likeness (QED) is 0.739. The van der Waals surface area contributed by atoms with Crippen LogP contribution in [0.25, 0.3) is 0 Å². The minimum atomic E-state index is 0.626. The summed E-state index contributed by atoms with van der Waals surface area (Å²) < 4.78 is 0. The molecular formula is C16H24BrN. The lowest BCUT2D eigenvalue weighted by Gasteiger charge is -2.36. The number of likely N-dealkylation sites (tertiary alicyclic amines) is 1. The van der Waals surface area contributed by atoms with Crippen LogP contribution in [-0.2, 0) is 6.54 Å². The van der Waals surface area contributed by atoms with Crippen LogP contribution in [0.1, 0.15) is 43.7 Å². The fourth-order valence-corrected chi connectivity index (χ4v) is 3.39. The predicted octanol–water partition coefficient (Wildman–Crippen LogP) is 4.52. The van der Waals surface area contributed by atoms with Crippen molar-refractivity contribution in [1.29, 1.82) is 0 Å². The Kier molecular flexibility index (Phi) is 5.25. The molecule has 1 saturated heterocycles. The summed E-state index contributed by atoms with van der Waals surface area (Å²) >= 11 is 3.71. The fraction of sp³-hybridized carbons (Fsp3) is 0.625. The molecule has 0 saturated carbocycles. The molecule has 1 aliphatic heterocycles. The number of piperidine rings is 1. The van der Waals surface area contributed by atoms with Crippen LogP contribution >= 0.6 is 15.9 Å². The van der Waals surface area contributed by atoms with Crippen LogP contribution in [0.15, 0.2) is 24.3 Å². The second-order valence-electron chi connectivity index (χ2n) is 5.63. The van der Waals surface area contributed by atoms with Gasteiger partial charge in [-0.15, -0.1) is 0 Å². The molecule has 0 radical (unpaired) electrons. The standard InChI is InChI=1S/C16H24BrN/c1-13-6-5-7-15(10-13)12-18-9-4-3-8-16(18)11-14(2)17/h5-7,10,14,16H,3-4,8-9,11-12H2,1-2H3. The number of hydrogen-bond donors (Lipinski definition) is 0. The minimum Gasteiger partial charge on any atom is -0.296 e. The minimum absolute atomic E-state index is 0.626. The molecule has 0 amide bonds. The first kappa shape index (κ1) is 14.1. The van der Waals surface area contributed by atoms with Crippen molar-refractivity contribution < 1.29 is 0 Å². The third-order valence-electron chi connectivity index (χ3n) is 3.81. The van der Waals surface area contributed by atoms with E-state index in [9.17, 15) is 0 Å². The number of benzene rings is 1. The first-order valence-corrected chi connectivity index (χ1v) is 8.00. The summed E-state index contributed by atoms with van der Waals surface area (Å²) in [6.07, 6.45) is 5.39. The Balaban J connectivity index is 2.00. The second kappa shape index (κ2) is 6.72. The second-order valence-corrected chi connectivity index (χ2v) is 7.19. The van der Waals surface area contributed by atoms with Crippen molar-refractivity contribution in [3.05, 3.63) is 35.4 Å². The smallest absolute Gasteiger partial charge is 0.0236 e. The molecule has 2 atom stereocenters. The van der Waals surface area contributed by atoms with Gasteiger partial charge in [0, 0.05) is 17.4 Å². The third-order valence-corrected chi connectivity index (χ3v) is 4.19. The molecule has 2 rings (SSSR count). The highest BCUT2D eigenvalue weighted by molar-refractivity contribution is 9.09. The van der Waals surface area contributed by atoms with Gasteiger partial charge in [-0.05, 0) is 38.3 Å². The van der Waals surface area contributed by atoms with E-state index in [1.54, 1.807) is 0 Å². The Hall–Kier alpha value is -0.340. The van der Waals surface area contributed by atoms with Crippen LogP contribution in [0.5, 0.6) is 0 Å². The molecule has 100 valence electrons. The van der Waals surface area contributed by atoms with Crippen molar-refractivity contribution in [3.63, 3.8) is 0 Å². The summed E-state index contributed by atoms with van der Waals surface area (Å²) in [5.41, 5.74) is 2.83. The Morgan fingerprint density at radius 3 is 2.94 bits per heavy atom. The monoisotopic (exact) mass is 309 g/mol. The maximum Gasteiger partial charge on any atom is 0.0236 e. The van der Waals surface area contributed by atoms with Gasteiger partial charge < -0.3 is 0 Å². The normalized spacial score (nSPS) is 22.9. The van der Waals surface area contributed by atoms with Crippen molar-refractivity contribution in [2.24, 2.45) is 0 Å². The number of hydrogen-bond acceptors (Lipinski definition) is 1. The summed E-state index contributed by atoms with van der Waals surface area (Å²) in [6.45, 7) is 6.82. The maximum absolute atomic E-state index is 3.71. The zero-order valence-electron chi connectivity index (χ0n) is 11.5. The highest BCUT2D eigenvalue weighted by atomic mass is 79.9. The fourth-order valence-electron chi connectivity index (χ4n) is 2.95. The molecule has 2 unspecified atom stereocenters. The van der Waals surface area contributed by atoms with Gasteiger partial charge in [0.1, 0.15) is 0 Å². The highest BCUT2D eigenvalue weighted by Crippen LogP contribution is 2.24. The van der Waals surface area contributed by atoms with Gasteiger partial charge in [0.15, 0.2) is 0 Å². The van der Waals surface area contributed by atoms with Crippen molar-refractivity contribution >= 4 is 15.9 Å². The van der Waals surface area contributed by atoms with Crippen molar-refractivity contribution in [3.8, 4) is 0 Å². The summed E-state index contributed by atoms with van der Waals surface area (Å²) in [7, 11) is 0. The van der Waals surface area contributed by atoms with E-state index < -0.39 is 0 Å². The summed E-state index contributed by atoms with van der Waals surface area (Å²) in [6, 6.07) is 9.70. The van der Waals surface area contributed by atoms with Crippen LogP contribution < -0.4 is 0 Å². The van der Waals surface area contributed by atoms with Crippen LogP contribution in [0.3, 0.4) is 0 Å². The first-order chi connectivity index (χ1) is 8.65. The average Bonchev–Trinajstić information content (AvgIpc) is 2.31. The molecular weight excluding hydrogens is 286 g/mol. The van der Waals surface area contributed by atoms with Gasteiger partial charge in [0.2, 0.25) is 0 Å². The van der Waals surface area contributed by atoms with E-state index in [2.05, 4.69) is 58.9 Å². The van der Waals surface area contributed by atoms with Crippen molar-refractivity contribution in [2.45, 2.75) is 56.9 Å². The van der Waals surface area contributed by atoms with Gasteiger partial charge in [-0.2, -0.15) is 0 Å². The zero-order chi connectivity index (χ0) is 13.0. The molecule has 1 nitrogen and oxygen atoms in total. The van der Waals surface area contributed by atoms with Crippen LogP contribution in [0.4, 0.5) is 0 Å². The zero-order valence-corrected chi connectivity index (χ0v) is 13.1. The summed E-state index contributed by atoms with van der Waals surface area (Å²) in [5, 5.41) is 0. The molecule has 1 aliphatic rings. The molecule has 2 heteroatoms. The number of halogens is 1. The molecule has 0 aliphatic carbocycles. The molecule has 0 bridgehead atoms. The van der Waals surface area contributed by atoms with Gasteiger partial charge in [-0.1, -0.05) is 59.1 Å². The van der Waals surface area contributed by atoms with Crippen molar-refractivity contribution in [2.75, 3.05) is 6.54 Å². The Morgan fingerprint density at radius 2 is 2.22 bits per heavy atom. The number of aryl methyl sites for hydroxylation is 1. The summed E-state index contributed by atoms with van der Waals surface area (Å²) in [4.78, 5) is 3.30. The first-order valence-electron chi connectivity index (χ1n) is 7.09. The van der Waals surface area contributed by atoms with E-state index in [0.29, 0.717) is 4.83 Å². The topological polar surface area (TPSA) is 3.24 Å².